The molecule has 0 N–H and O–H groups in total. The number of ether oxygens (including phenoxy) is 1. The molecule has 20 heavy (non-hydrogen) atoms. The van der Waals surface area contributed by atoms with Gasteiger partial charge < -0.3 is 9.64 Å². The molecule has 5 nitrogen and oxygen atoms in total. The number of hydrogen-bond acceptors (Lipinski definition) is 4. The molecule has 6 heteroatoms. The van der Waals surface area contributed by atoms with Crippen molar-refractivity contribution in [1.29, 1.82) is 0 Å². The third-order valence-corrected chi connectivity index (χ3v) is 7.88. The zero-order valence-corrected chi connectivity index (χ0v) is 13.0. The minimum atomic E-state index is -3.09. The summed E-state index contributed by atoms with van der Waals surface area (Å²) in [6.07, 6.45) is 1.63. The number of nitrogens with zero attached hydrogens (tertiary/aromatic N) is 1. The van der Waals surface area contributed by atoms with Crippen LogP contribution in [0.5, 0.6) is 0 Å². The van der Waals surface area contributed by atoms with Gasteiger partial charge in [-0.2, -0.15) is 0 Å². The molecular formula is C14H23NO4S. The summed E-state index contributed by atoms with van der Waals surface area (Å²) in [6.45, 7) is 5.86. The summed E-state index contributed by atoms with van der Waals surface area (Å²) in [5.74, 6) is 1.06. The Morgan fingerprint density at radius 2 is 2.05 bits per heavy atom. The van der Waals surface area contributed by atoms with E-state index in [4.69, 9.17) is 4.74 Å². The summed E-state index contributed by atoms with van der Waals surface area (Å²) in [5.41, 5.74) is 0. The van der Waals surface area contributed by atoms with E-state index in [0.717, 1.165) is 6.42 Å². The van der Waals surface area contributed by atoms with Gasteiger partial charge in [-0.25, -0.2) is 8.42 Å². The topological polar surface area (TPSA) is 63.7 Å². The maximum Gasteiger partial charge on any atom is 0.226 e. The van der Waals surface area contributed by atoms with Gasteiger partial charge >= 0.3 is 0 Å². The summed E-state index contributed by atoms with van der Waals surface area (Å²) in [6, 6.07) is 0. The molecule has 2 saturated heterocycles. The van der Waals surface area contributed by atoms with Gasteiger partial charge in [0.25, 0.3) is 0 Å². The fourth-order valence-electron chi connectivity index (χ4n) is 3.62. The normalized spacial score (nSPS) is 36.9. The summed E-state index contributed by atoms with van der Waals surface area (Å²) >= 11 is 0. The van der Waals surface area contributed by atoms with Crippen molar-refractivity contribution in [2.45, 2.75) is 31.4 Å². The lowest BCUT2D eigenvalue weighted by Gasteiger charge is -2.50. The van der Waals surface area contributed by atoms with Crippen LogP contribution in [0.25, 0.3) is 0 Å². The lowest BCUT2D eigenvalue weighted by atomic mass is 9.83. The average molecular weight is 301 g/mol. The molecule has 114 valence electrons. The second kappa shape index (κ2) is 4.70. The molecule has 1 amide bonds. The molecule has 2 heterocycles. The molecule has 0 aromatic carbocycles. The van der Waals surface area contributed by atoms with Gasteiger partial charge in [0.2, 0.25) is 5.91 Å². The number of amides is 1. The summed E-state index contributed by atoms with van der Waals surface area (Å²) in [7, 11) is -3.09. The monoisotopic (exact) mass is 301 g/mol. The van der Waals surface area contributed by atoms with Crippen LogP contribution in [0, 0.1) is 17.8 Å². The highest BCUT2D eigenvalue weighted by Gasteiger charge is 2.63. The van der Waals surface area contributed by atoms with Gasteiger partial charge in [-0.05, 0) is 25.7 Å². The fourth-order valence-corrected chi connectivity index (χ4v) is 6.02. The van der Waals surface area contributed by atoms with Gasteiger partial charge in [-0.1, -0.05) is 6.92 Å². The predicted molar refractivity (Wildman–Crippen MR) is 75.0 cm³/mol. The quantitative estimate of drug-likeness (QED) is 0.766. The number of rotatable bonds is 4. The van der Waals surface area contributed by atoms with Crippen LogP contribution < -0.4 is 0 Å². The first-order valence-corrected chi connectivity index (χ1v) is 9.15. The van der Waals surface area contributed by atoms with Crippen molar-refractivity contribution in [3.05, 3.63) is 0 Å². The van der Waals surface area contributed by atoms with E-state index in [-0.39, 0.29) is 23.5 Å². The van der Waals surface area contributed by atoms with Crippen molar-refractivity contribution in [2.75, 3.05) is 32.1 Å². The molecule has 3 fully saturated rings. The highest BCUT2D eigenvalue weighted by atomic mass is 32.2. The smallest absolute Gasteiger partial charge is 0.226 e. The maximum absolute atomic E-state index is 12.4. The Hall–Kier alpha value is -0.620. The Bertz CT molecular complexity index is 509. The largest absolute Gasteiger partial charge is 0.381 e. The number of likely N-dealkylation sites (tertiary alicyclic amines) is 1. The van der Waals surface area contributed by atoms with E-state index in [1.165, 1.54) is 0 Å². The minimum absolute atomic E-state index is 0.0492. The average Bonchev–Trinajstić information content (AvgIpc) is 2.99. The number of hydrogen-bond donors (Lipinski definition) is 0. The molecule has 0 radical (unpaired) electrons. The van der Waals surface area contributed by atoms with Crippen LogP contribution in [0.15, 0.2) is 0 Å². The first-order valence-electron chi connectivity index (χ1n) is 7.50. The van der Waals surface area contributed by atoms with Crippen LogP contribution in [0.4, 0.5) is 0 Å². The standard InChI is InChI=1S/C14H23NO4S/c1-3-19-7-11-4-5-20(17,18)14(11)8-15(9-14)13(16)12-6-10(12)2/h10-12H,3-9H2,1-2H3/t10-,11+,12-/m1/s1. The van der Waals surface area contributed by atoms with Crippen LogP contribution in [0.1, 0.15) is 26.7 Å². The second-order valence-corrected chi connectivity index (χ2v) is 8.99. The third-order valence-electron chi connectivity index (χ3n) is 5.28. The lowest BCUT2D eigenvalue weighted by Crippen LogP contribution is -2.69. The number of sulfone groups is 1. The highest BCUT2D eigenvalue weighted by Crippen LogP contribution is 2.47. The third kappa shape index (κ3) is 1.99. The fraction of sp³-hybridized carbons (Fsp3) is 0.929. The zero-order chi connectivity index (χ0) is 14.5. The van der Waals surface area contributed by atoms with Crippen LogP contribution >= 0.6 is 0 Å². The SMILES string of the molecule is CCOC[C@@H]1CCS(=O)(=O)C12CN(C(=O)[C@@H]1C[C@H]1C)C2. The van der Waals surface area contributed by atoms with E-state index in [1.807, 2.05) is 6.92 Å². The minimum Gasteiger partial charge on any atom is -0.381 e. The molecule has 0 aromatic heterocycles. The van der Waals surface area contributed by atoms with E-state index in [2.05, 4.69) is 6.92 Å². The predicted octanol–water partition coefficient (Wildman–Crippen LogP) is 0.695. The van der Waals surface area contributed by atoms with Crippen LogP contribution in [0.3, 0.4) is 0 Å². The molecule has 0 bridgehead atoms. The van der Waals surface area contributed by atoms with Crippen molar-refractivity contribution >= 4 is 15.7 Å². The summed E-state index contributed by atoms with van der Waals surface area (Å²) in [4.78, 5) is 13.9. The van der Waals surface area contributed by atoms with E-state index in [0.29, 0.717) is 38.6 Å². The van der Waals surface area contributed by atoms with Crippen molar-refractivity contribution < 1.29 is 17.9 Å². The Balaban J connectivity index is 1.69. The molecule has 1 aliphatic carbocycles. The Morgan fingerprint density at radius 3 is 2.60 bits per heavy atom. The molecule has 3 aliphatic rings. The first kappa shape index (κ1) is 14.3. The molecule has 3 atom stereocenters. The second-order valence-electron chi connectivity index (χ2n) is 6.54. The van der Waals surface area contributed by atoms with Crippen LogP contribution in [-0.4, -0.2) is 56.0 Å². The molecule has 0 unspecified atom stereocenters. The van der Waals surface area contributed by atoms with Crippen LogP contribution in [0.2, 0.25) is 0 Å². The first-order chi connectivity index (χ1) is 9.41. The zero-order valence-electron chi connectivity index (χ0n) is 12.2. The number of carbonyl (C=O) groups excluding carboxylic acids is 1. The van der Waals surface area contributed by atoms with Gasteiger partial charge in [-0.3, -0.25) is 4.79 Å². The lowest BCUT2D eigenvalue weighted by molar-refractivity contribution is -0.139. The van der Waals surface area contributed by atoms with Crippen molar-refractivity contribution in [1.82, 2.24) is 4.90 Å². The van der Waals surface area contributed by atoms with Crippen molar-refractivity contribution in [3.63, 3.8) is 0 Å². The Morgan fingerprint density at radius 1 is 1.40 bits per heavy atom. The molecular weight excluding hydrogens is 278 g/mol. The highest BCUT2D eigenvalue weighted by molar-refractivity contribution is 7.93. The van der Waals surface area contributed by atoms with Crippen molar-refractivity contribution in [3.8, 4) is 0 Å². The van der Waals surface area contributed by atoms with E-state index in [1.54, 1.807) is 4.90 Å². The number of carbonyl (C=O) groups is 1. The van der Waals surface area contributed by atoms with Gasteiger partial charge in [0, 0.05) is 31.5 Å². The Labute approximate surface area is 120 Å². The molecule has 2 aliphatic heterocycles. The summed E-state index contributed by atoms with van der Waals surface area (Å²) in [5, 5.41) is 0. The van der Waals surface area contributed by atoms with Gasteiger partial charge in [0.05, 0.1) is 12.4 Å². The van der Waals surface area contributed by atoms with Crippen LogP contribution in [-0.2, 0) is 19.4 Å². The molecule has 1 saturated carbocycles. The van der Waals surface area contributed by atoms with E-state index in [9.17, 15) is 13.2 Å². The van der Waals surface area contributed by atoms with E-state index >= 15 is 0 Å². The van der Waals surface area contributed by atoms with Gasteiger partial charge in [-0.15, -0.1) is 0 Å². The molecule has 0 aromatic rings. The van der Waals surface area contributed by atoms with Gasteiger partial charge in [0.1, 0.15) is 4.75 Å². The Kier molecular flexibility index (Phi) is 3.36. The summed E-state index contributed by atoms with van der Waals surface area (Å²) < 4.78 is 29.5. The van der Waals surface area contributed by atoms with Crippen molar-refractivity contribution in [2.24, 2.45) is 17.8 Å². The van der Waals surface area contributed by atoms with Gasteiger partial charge in [0.15, 0.2) is 9.84 Å². The molecule has 3 rings (SSSR count). The molecule has 1 spiro atoms. The van der Waals surface area contributed by atoms with E-state index < -0.39 is 14.6 Å². The maximum atomic E-state index is 12.4.